The lowest BCUT2D eigenvalue weighted by molar-refractivity contribution is -0.139. The highest BCUT2D eigenvalue weighted by Crippen LogP contribution is 2.42. The smallest absolute Gasteiger partial charge is 0.255 e. The summed E-state index contributed by atoms with van der Waals surface area (Å²) < 4.78 is 53.4. The van der Waals surface area contributed by atoms with Gasteiger partial charge in [-0.15, -0.1) is 0 Å². The van der Waals surface area contributed by atoms with Gasteiger partial charge in [-0.05, 0) is 89.8 Å². The summed E-state index contributed by atoms with van der Waals surface area (Å²) in [6, 6.07) is 7.89. The van der Waals surface area contributed by atoms with Gasteiger partial charge in [0, 0.05) is 100 Å². The maximum atomic E-state index is 16.5. The molecule has 3 atom stereocenters. The Morgan fingerprint density at radius 1 is 0.937 bits per heavy atom. The number of H-pyrrole nitrogens is 1. The molecular weight excluding hydrogens is 814 g/mol. The number of piperidine rings is 3. The Bertz CT molecular complexity index is 2410. The number of hydrogen-bond acceptors (Lipinski definition) is 11. The van der Waals surface area contributed by atoms with Gasteiger partial charge >= 0.3 is 0 Å². The molecule has 1 saturated carbocycles. The number of rotatable bonds is 10. The van der Waals surface area contributed by atoms with E-state index in [1.165, 1.54) is 24.2 Å². The Hall–Kier alpha value is -5.00. The zero-order valence-corrected chi connectivity index (χ0v) is 36.3. The summed E-state index contributed by atoms with van der Waals surface area (Å²) >= 11 is 0. The standard InChI is InChI=1S/C46H57F3N10O4/c1-28-23-57(39-22-35(50-27-51-39)42-31-20-37(63-44(2)10-11-44)33(47)21-34(31)53-54-42)18-19-58(28)26-46(49)12-16-55(17-13-46)24-29-8-14-56(15-9-29)36-5-4-30-32(41(36)48)25-59(43(30)61)38-6-7-40(60)52-45(38,3)62/h4-5,20-22,27-29,38,62H,6-19,23-26H2,1-3H3,(H,52,60)(H,53,54)/t28-,38?,45?/m0/s1. The normalized spacial score (nSPS) is 26.6. The number of anilines is 2. The SMILES string of the molecule is C[C@H]1CN(c2cc(-c3n[nH]c4cc(F)c(OC5(C)CC5)cc34)ncn2)CCN1CC1(F)CCN(CC2CCN(c3ccc4c(c3F)CN(C3CCC(=O)NC3(C)O)C4=O)CC2)CC1. The average molecular weight is 871 g/mol. The molecule has 3 N–H and O–H groups in total. The number of halogens is 3. The lowest BCUT2D eigenvalue weighted by Gasteiger charge is -2.45. The van der Waals surface area contributed by atoms with E-state index >= 15 is 8.78 Å². The van der Waals surface area contributed by atoms with Crippen molar-refractivity contribution in [3.8, 4) is 17.1 Å². The van der Waals surface area contributed by atoms with E-state index in [2.05, 4.69) is 52.0 Å². The molecule has 4 aromatic rings. The number of carbonyl (C=O) groups excluding carboxylic acids is 2. The molecular formula is C46H57F3N10O4. The highest BCUT2D eigenvalue weighted by Gasteiger charge is 2.47. The molecule has 5 aliphatic heterocycles. The first-order valence-electron chi connectivity index (χ1n) is 22.6. The number of nitrogens with zero attached hydrogens (tertiary/aromatic N) is 8. The minimum absolute atomic E-state index is 0.0545. The molecule has 0 radical (unpaired) electrons. The van der Waals surface area contributed by atoms with Gasteiger partial charge in [0.1, 0.15) is 29.1 Å². The predicted molar refractivity (Wildman–Crippen MR) is 231 cm³/mol. The predicted octanol–water partition coefficient (Wildman–Crippen LogP) is 5.40. The third-order valence-electron chi connectivity index (χ3n) is 14.7. The molecule has 63 heavy (non-hydrogen) atoms. The first kappa shape index (κ1) is 42.0. The number of aromatic nitrogens is 4. The van der Waals surface area contributed by atoms with Crippen molar-refractivity contribution in [2.24, 2.45) is 5.92 Å². The van der Waals surface area contributed by atoms with Crippen LogP contribution in [0.25, 0.3) is 22.3 Å². The van der Waals surface area contributed by atoms with Gasteiger partial charge in [-0.3, -0.25) is 19.6 Å². The number of aliphatic hydroxyl groups is 1. The summed E-state index contributed by atoms with van der Waals surface area (Å²) in [5, 5.41) is 21.6. The number of piperazine rings is 1. The van der Waals surface area contributed by atoms with Gasteiger partial charge in [-0.1, -0.05) is 0 Å². The first-order chi connectivity index (χ1) is 30.1. The van der Waals surface area contributed by atoms with Crippen LogP contribution in [0.1, 0.15) is 88.1 Å². The van der Waals surface area contributed by atoms with Crippen molar-refractivity contribution in [3.05, 3.63) is 59.4 Å². The van der Waals surface area contributed by atoms with E-state index < -0.39 is 29.1 Å². The number of carbonyl (C=O) groups is 2. The van der Waals surface area contributed by atoms with E-state index in [4.69, 9.17) is 4.74 Å². The highest BCUT2D eigenvalue weighted by atomic mass is 19.1. The third-order valence-corrected chi connectivity index (χ3v) is 14.7. The van der Waals surface area contributed by atoms with Crippen LogP contribution in [0.2, 0.25) is 0 Å². The molecule has 7 heterocycles. The van der Waals surface area contributed by atoms with Crippen LogP contribution in [0.3, 0.4) is 0 Å². The maximum Gasteiger partial charge on any atom is 0.255 e. The fraction of sp³-hybridized carbons (Fsp3) is 0.587. The van der Waals surface area contributed by atoms with Crippen LogP contribution >= 0.6 is 0 Å². The molecule has 10 rings (SSSR count). The molecule has 336 valence electrons. The number of amides is 2. The molecule has 2 unspecified atom stereocenters. The summed E-state index contributed by atoms with van der Waals surface area (Å²) in [6.07, 6.45) is 6.59. The number of aromatic amines is 1. The van der Waals surface area contributed by atoms with E-state index in [9.17, 15) is 19.1 Å². The highest BCUT2D eigenvalue weighted by molar-refractivity contribution is 5.99. The second-order valence-corrected chi connectivity index (χ2v) is 19.5. The Morgan fingerprint density at radius 3 is 2.44 bits per heavy atom. The fourth-order valence-electron chi connectivity index (χ4n) is 10.6. The van der Waals surface area contributed by atoms with Crippen molar-refractivity contribution < 1.29 is 32.6 Å². The summed E-state index contributed by atoms with van der Waals surface area (Å²) in [7, 11) is 0. The van der Waals surface area contributed by atoms with Crippen molar-refractivity contribution in [2.45, 2.75) is 108 Å². The van der Waals surface area contributed by atoms with Crippen LogP contribution < -0.4 is 19.9 Å². The Morgan fingerprint density at radius 2 is 1.71 bits per heavy atom. The number of fused-ring (bicyclic) bond motifs is 2. The Kier molecular flexibility index (Phi) is 10.6. The minimum Gasteiger partial charge on any atom is -0.484 e. The Labute approximate surface area is 365 Å². The molecule has 1 aliphatic carbocycles. The van der Waals surface area contributed by atoms with Crippen LogP contribution in [0.4, 0.5) is 24.7 Å². The second kappa shape index (κ2) is 15.9. The van der Waals surface area contributed by atoms with Gasteiger partial charge < -0.3 is 34.8 Å². The zero-order valence-electron chi connectivity index (χ0n) is 36.3. The van der Waals surface area contributed by atoms with Crippen LogP contribution in [0.5, 0.6) is 5.75 Å². The van der Waals surface area contributed by atoms with Gasteiger partial charge in [0.05, 0.1) is 29.5 Å². The van der Waals surface area contributed by atoms with Crippen molar-refractivity contribution in [1.82, 2.24) is 40.2 Å². The lowest BCUT2D eigenvalue weighted by atomic mass is 9.89. The van der Waals surface area contributed by atoms with E-state index in [0.29, 0.717) is 111 Å². The van der Waals surface area contributed by atoms with E-state index in [-0.39, 0.29) is 42.2 Å². The van der Waals surface area contributed by atoms with Crippen LogP contribution in [-0.4, -0.2) is 140 Å². The summed E-state index contributed by atoms with van der Waals surface area (Å²) in [5.74, 6) is -0.00545. The second-order valence-electron chi connectivity index (χ2n) is 19.5. The third kappa shape index (κ3) is 8.20. The Balaban J connectivity index is 0.696. The number of hydrogen-bond donors (Lipinski definition) is 3. The van der Waals surface area contributed by atoms with E-state index in [0.717, 1.165) is 43.4 Å². The molecule has 2 aromatic heterocycles. The summed E-state index contributed by atoms with van der Waals surface area (Å²) in [5.41, 5.74) is -0.231. The molecule has 2 amide bonds. The fourth-order valence-corrected chi connectivity index (χ4v) is 10.6. The van der Waals surface area contributed by atoms with Crippen LogP contribution in [0.15, 0.2) is 36.7 Å². The van der Waals surface area contributed by atoms with Crippen molar-refractivity contribution in [1.29, 1.82) is 0 Å². The molecule has 5 fully saturated rings. The molecule has 2 aromatic carbocycles. The molecule has 0 spiro atoms. The van der Waals surface area contributed by atoms with Gasteiger partial charge in [0.15, 0.2) is 23.1 Å². The average Bonchev–Trinajstić information content (AvgIpc) is 3.69. The van der Waals surface area contributed by atoms with Crippen molar-refractivity contribution in [2.75, 3.05) is 68.7 Å². The quantitative estimate of drug-likeness (QED) is 0.188. The van der Waals surface area contributed by atoms with E-state index in [1.807, 2.05) is 13.0 Å². The van der Waals surface area contributed by atoms with Gasteiger partial charge in [-0.2, -0.15) is 5.10 Å². The molecule has 14 nitrogen and oxygen atoms in total. The topological polar surface area (TPSA) is 146 Å². The largest absolute Gasteiger partial charge is 0.484 e. The zero-order chi connectivity index (χ0) is 43.8. The number of nitrogens with one attached hydrogen (secondary N) is 2. The lowest BCUT2D eigenvalue weighted by Crippen LogP contribution is -2.63. The summed E-state index contributed by atoms with van der Waals surface area (Å²) in [4.78, 5) is 44.8. The molecule has 17 heteroatoms. The van der Waals surface area contributed by atoms with Gasteiger partial charge in [0.2, 0.25) is 5.91 Å². The molecule has 0 bridgehead atoms. The first-order valence-corrected chi connectivity index (χ1v) is 22.6. The number of ether oxygens (including phenoxy) is 1. The molecule has 6 aliphatic rings. The monoisotopic (exact) mass is 870 g/mol. The van der Waals surface area contributed by atoms with Crippen molar-refractivity contribution in [3.63, 3.8) is 0 Å². The van der Waals surface area contributed by atoms with Gasteiger partial charge in [-0.25, -0.2) is 23.1 Å². The minimum atomic E-state index is -1.59. The maximum absolute atomic E-state index is 16.5. The van der Waals surface area contributed by atoms with E-state index in [1.54, 1.807) is 18.2 Å². The van der Waals surface area contributed by atoms with Crippen molar-refractivity contribution >= 4 is 34.2 Å². The summed E-state index contributed by atoms with van der Waals surface area (Å²) in [6.45, 7) is 11.9. The van der Waals surface area contributed by atoms with Gasteiger partial charge in [0.25, 0.3) is 5.91 Å². The number of alkyl halides is 1. The number of likely N-dealkylation sites (tertiary alicyclic amines) is 1. The van der Waals surface area contributed by atoms with Crippen LogP contribution in [-0.2, 0) is 11.3 Å². The number of benzene rings is 2. The van der Waals surface area contributed by atoms with Crippen LogP contribution in [0, 0.1) is 17.6 Å². The molecule has 4 saturated heterocycles.